The van der Waals surface area contributed by atoms with E-state index in [0.717, 1.165) is 22.8 Å². The Labute approximate surface area is 119 Å². The number of halogens is 1. The van der Waals surface area contributed by atoms with Gasteiger partial charge in [0.1, 0.15) is 5.75 Å². The topological polar surface area (TPSA) is 53.7 Å². The average molecular weight is 288 g/mol. The van der Waals surface area contributed by atoms with Gasteiger partial charge < -0.3 is 19.9 Å². The van der Waals surface area contributed by atoms with Gasteiger partial charge in [-0.05, 0) is 30.7 Å². The van der Waals surface area contributed by atoms with E-state index in [-0.39, 0.29) is 0 Å². The highest BCUT2D eigenvalue weighted by Gasteiger charge is 2.00. The molecule has 0 atom stereocenters. The van der Waals surface area contributed by atoms with Gasteiger partial charge in [0.2, 0.25) is 0 Å². The molecule has 0 spiro atoms. The lowest BCUT2D eigenvalue weighted by Gasteiger charge is -2.09. The fourth-order valence-corrected chi connectivity index (χ4v) is 1.75. The molecule has 0 aromatic heterocycles. The summed E-state index contributed by atoms with van der Waals surface area (Å²) in [5, 5.41) is 0.727. The van der Waals surface area contributed by atoms with Crippen LogP contribution < -0.4 is 10.5 Å². The maximum absolute atomic E-state index is 5.88. The van der Waals surface area contributed by atoms with Crippen LogP contribution in [0.2, 0.25) is 5.02 Å². The molecule has 0 aliphatic carbocycles. The van der Waals surface area contributed by atoms with Gasteiger partial charge in [0.25, 0.3) is 0 Å². The van der Waals surface area contributed by atoms with Crippen molar-refractivity contribution in [3.8, 4) is 5.75 Å². The smallest absolute Gasteiger partial charge is 0.122 e. The van der Waals surface area contributed by atoms with E-state index in [9.17, 15) is 0 Å². The fraction of sp³-hybridized carbons (Fsp3) is 0.571. The second-order valence-electron chi connectivity index (χ2n) is 4.13. The third-order valence-corrected chi connectivity index (χ3v) is 2.70. The van der Waals surface area contributed by atoms with E-state index in [4.69, 9.17) is 31.5 Å². The third kappa shape index (κ3) is 7.38. The lowest BCUT2D eigenvalue weighted by atomic mass is 10.2. The van der Waals surface area contributed by atoms with Crippen LogP contribution in [0.15, 0.2) is 18.2 Å². The van der Waals surface area contributed by atoms with Crippen LogP contribution >= 0.6 is 11.6 Å². The van der Waals surface area contributed by atoms with E-state index >= 15 is 0 Å². The number of hydrogen-bond acceptors (Lipinski definition) is 4. The first-order valence-electron chi connectivity index (χ1n) is 6.48. The van der Waals surface area contributed by atoms with Crippen molar-refractivity contribution in [2.24, 2.45) is 5.73 Å². The first kappa shape index (κ1) is 16.2. The zero-order valence-corrected chi connectivity index (χ0v) is 12.1. The van der Waals surface area contributed by atoms with E-state index in [1.807, 2.05) is 25.1 Å². The van der Waals surface area contributed by atoms with Crippen LogP contribution in [0.25, 0.3) is 0 Å². The molecule has 1 rings (SSSR count). The summed E-state index contributed by atoms with van der Waals surface area (Å²) in [5.41, 5.74) is 6.34. The highest BCUT2D eigenvalue weighted by atomic mass is 35.5. The summed E-state index contributed by atoms with van der Waals surface area (Å²) in [7, 11) is 0. The zero-order chi connectivity index (χ0) is 13.9. The highest BCUT2D eigenvalue weighted by molar-refractivity contribution is 6.30. The lowest BCUT2D eigenvalue weighted by Crippen LogP contribution is -2.12. The van der Waals surface area contributed by atoms with Gasteiger partial charge in [0, 0.05) is 24.6 Å². The highest BCUT2D eigenvalue weighted by Crippen LogP contribution is 2.21. The molecule has 0 fully saturated rings. The van der Waals surface area contributed by atoms with Crippen LogP contribution in [0.3, 0.4) is 0 Å². The van der Waals surface area contributed by atoms with Crippen molar-refractivity contribution < 1.29 is 14.2 Å². The molecule has 0 amide bonds. The van der Waals surface area contributed by atoms with Crippen LogP contribution in [0.1, 0.15) is 12.0 Å². The van der Waals surface area contributed by atoms with Gasteiger partial charge in [0.05, 0.1) is 26.4 Å². The van der Waals surface area contributed by atoms with Crippen molar-refractivity contribution in [3.63, 3.8) is 0 Å². The second-order valence-corrected chi connectivity index (χ2v) is 4.56. The molecule has 4 nitrogen and oxygen atoms in total. The normalized spacial score (nSPS) is 10.7. The summed E-state index contributed by atoms with van der Waals surface area (Å²) in [6.07, 6.45) is 0.846. The largest absolute Gasteiger partial charge is 0.493 e. The van der Waals surface area contributed by atoms with Gasteiger partial charge in [-0.25, -0.2) is 0 Å². The van der Waals surface area contributed by atoms with E-state index in [2.05, 4.69) is 0 Å². The standard InChI is InChI=1S/C14H22ClNO3/c1-12-11-13(15)3-4-14(12)19-7-2-6-17-9-10-18-8-5-16/h3-4,11H,2,5-10,16H2,1H3. The van der Waals surface area contributed by atoms with Gasteiger partial charge >= 0.3 is 0 Å². The Morgan fingerprint density at radius 3 is 2.47 bits per heavy atom. The van der Waals surface area contributed by atoms with Crippen molar-refractivity contribution in [1.29, 1.82) is 0 Å². The van der Waals surface area contributed by atoms with Crippen molar-refractivity contribution in [1.82, 2.24) is 0 Å². The molecular weight excluding hydrogens is 266 g/mol. The molecule has 108 valence electrons. The molecule has 0 aliphatic rings. The Kier molecular flexibility index (Phi) is 8.58. The van der Waals surface area contributed by atoms with Gasteiger partial charge in [-0.1, -0.05) is 11.6 Å². The Hall–Kier alpha value is -0.810. The second kappa shape index (κ2) is 10.0. The predicted octanol–water partition coefficient (Wildman–Crippen LogP) is 2.41. The van der Waals surface area contributed by atoms with Crippen LogP contribution in [0.4, 0.5) is 0 Å². The fourth-order valence-electron chi connectivity index (χ4n) is 1.52. The summed E-state index contributed by atoms with van der Waals surface area (Å²) in [6.45, 7) is 5.60. The maximum atomic E-state index is 5.88. The van der Waals surface area contributed by atoms with Crippen LogP contribution in [0.5, 0.6) is 5.75 Å². The Morgan fingerprint density at radius 2 is 1.79 bits per heavy atom. The molecule has 19 heavy (non-hydrogen) atoms. The first-order chi connectivity index (χ1) is 9.24. The summed E-state index contributed by atoms with van der Waals surface area (Å²) in [4.78, 5) is 0. The quantitative estimate of drug-likeness (QED) is 0.672. The van der Waals surface area contributed by atoms with Crippen LogP contribution in [-0.2, 0) is 9.47 Å². The average Bonchev–Trinajstić information content (AvgIpc) is 2.39. The Bertz CT molecular complexity index is 361. The lowest BCUT2D eigenvalue weighted by molar-refractivity contribution is 0.0463. The van der Waals surface area contributed by atoms with Crippen LogP contribution in [0, 0.1) is 6.92 Å². The molecule has 0 aliphatic heterocycles. The minimum Gasteiger partial charge on any atom is -0.493 e. The summed E-state index contributed by atoms with van der Waals surface area (Å²) >= 11 is 5.88. The number of ether oxygens (including phenoxy) is 3. The molecule has 0 saturated carbocycles. The maximum Gasteiger partial charge on any atom is 0.122 e. The van der Waals surface area contributed by atoms with E-state index in [0.29, 0.717) is 39.6 Å². The summed E-state index contributed by atoms with van der Waals surface area (Å²) in [6, 6.07) is 5.61. The van der Waals surface area contributed by atoms with Crippen molar-refractivity contribution in [2.75, 3.05) is 39.6 Å². The molecule has 0 saturated heterocycles. The molecule has 1 aromatic rings. The van der Waals surface area contributed by atoms with E-state index in [1.54, 1.807) is 0 Å². The number of nitrogens with two attached hydrogens (primary N) is 1. The van der Waals surface area contributed by atoms with Crippen LogP contribution in [-0.4, -0.2) is 39.6 Å². The molecule has 5 heteroatoms. The molecule has 0 radical (unpaired) electrons. The SMILES string of the molecule is Cc1cc(Cl)ccc1OCCCOCCOCCN. The monoisotopic (exact) mass is 287 g/mol. The van der Waals surface area contributed by atoms with Crippen molar-refractivity contribution >= 4 is 11.6 Å². The third-order valence-electron chi connectivity index (χ3n) is 2.46. The molecule has 2 N–H and O–H groups in total. The molecule has 0 unspecified atom stereocenters. The van der Waals surface area contributed by atoms with Gasteiger partial charge in [-0.2, -0.15) is 0 Å². The molecule has 0 heterocycles. The number of aryl methyl sites for hydroxylation is 1. The molecular formula is C14H22ClNO3. The number of rotatable bonds is 10. The molecule has 0 bridgehead atoms. The van der Waals surface area contributed by atoms with Gasteiger partial charge in [-0.15, -0.1) is 0 Å². The van der Waals surface area contributed by atoms with E-state index in [1.165, 1.54) is 0 Å². The van der Waals surface area contributed by atoms with Gasteiger partial charge in [-0.3, -0.25) is 0 Å². The van der Waals surface area contributed by atoms with Crippen molar-refractivity contribution in [3.05, 3.63) is 28.8 Å². The number of benzene rings is 1. The molecule has 1 aromatic carbocycles. The zero-order valence-electron chi connectivity index (χ0n) is 11.4. The minimum atomic E-state index is 0.550. The van der Waals surface area contributed by atoms with Gasteiger partial charge in [0.15, 0.2) is 0 Å². The van der Waals surface area contributed by atoms with Crippen molar-refractivity contribution in [2.45, 2.75) is 13.3 Å². The Balaban J connectivity index is 2.01. The Morgan fingerprint density at radius 1 is 1.05 bits per heavy atom. The predicted molar refractivity (Wildman–Crippen MR) is 77.0 cm³/mol. The first-order valence-corrected chi connectivity index (χ1v) is 6.86. The summed E-state index contributed by atoms with van der Waals surface area (Å²) in [5.74, 6) is 0.871. The number of hydrogen-bond donors (Lipinski definition) is 1. The summed E-state index contributed by atoms with van der Waals surface area (Å²) < 4.78 is 16.2. The minimum absolute atomic E-state index is 0.550. The van der Waals surface area contributed by atoms with E-state index < -0.39 is 0 Å².